The van der Waals surface area contributed by atoms with Crippen molar-refractivity contribution in [2.75, 3.05) is 26.4 Å². The highest BCUT2D eigenvalue weighted by Crippen LogP contribution is 2.33. The second-order valence-electron chi connectivity index (χ2n) is 25.3. The Hall–Kier alpha value is -1.73. The molecule has 0 spiro atoms. The third-order valence-electron chi connectivity index (χ3n) is 17.8. The van der Waals surface area contributed by atoms with E-state index in [-0.39, 0.29) is 18.9 Å². The maximum Gasteiger partial charge on any atom is 0.220 e. The van der Waals surface area contributed by atoms with E-state index in [1.54, 1.807) is 0 Å². The molecule has 0 aromatic carbocycles. The van der Waals surface area contributed by atoms with Crippen LogP contribution in [0.1, 0.15) is 271 Å². The molecule has 87 heavy (non-hydrogen) atoms. The lowest BCUT2D eigenvalue weighted by Gasteiger charge is -2.48. The molecule has 17 unspecified atom stereocenters. The molecular formula is C68H127NO18. The molecule has 17 atom stereocenters. The number of aliphatic hydroxyl groups is 11. The van der Waals surface area contributed by atoms with Crippen molar-refractivity contribution in [3.63, 3.8) is 0 Å². The predicted octanol–water partition coefficient (Wildman–Crippen LogP) is 9.05. The first-order valence-corrected chi connectivity index (χ1v) is 35.1. The summed E-state index contributed by atoms with van der Waals surface area (Å²) < 4.78 is 34.1. The van der Waals surface area contributed by atoms with Crippen LogP contribution < -0.4 is 5.32 Å². The minimum atomic E-state index is -1.97. The van der Waals surface area contributed by atoms with E-state index in [0.717, 1.165) is 38.5 Å². The number of hydrogen-bond acceptors (Lipinski definition) is 18. The normalized spacial score (nSPS) is 28.7. The summed E-state index contributed by atoms with van der Waals surface area (Å²) in [5.74, 6) is -0.250. The number of carbonyl (C=O) groups is 1. The minimum absolute atomic E-state index is 0.250. The second kappa shape index (κ2) is 50.8. The van der Waals surface area contributed by atoms with Gasteiger partial charge in [-0.1, -0.05) is 244 Å². The van der Waals surface area contributed by atoms with E-state index in [9.17, 15) is 61.0 Å². The zero-order valence-electron chi connectivity index (χ0n) is 54.0. The molecule has 0 bridgehead atoms. The molecule has 0 radical (unpaired) electrons. The summed E-state index contributed by atoms with van der Waals surface area (Å²) in [6, 6.07) is -0.879. The van der Waals surface area contributed by atoms with Crippen LogP contribution in [0.3, 0.4) is 0 Å². The number of nitrogens with one attached hydrogen (secondary N) is 1. The molecule has 512 valence electrons. The molecule has 3 heterocycles. The van der Waals surface area contributed by atoms with Crippen molar-refractivity contribution in [1.82, 2.24) is 5.32 Å². The zero-order valence-corrected chi connectivity index (χ0v) is 54.0. The van der Waals surface area contributed by atoms with Gasteiger partial charge >= 0.3 is 0 Å². The number of aliphatic hydroxyl groups excluding tert-OH is 11. The van der Waals surface area contributed by atoms with E-state index < -0.39 is 124 Å². The summed E-state index contributed by atoms with van der Waals surface area (Å²) in [7, 11) is 0. The van der Waals surface area contributed by atoms with Crippen LogP contribution in [0, 0.1) is 0 Å². The Balaban J connectivity index is 1.18. The smallest absolute Gasteiger partial charge is 0.220 e. The first kappa shape index (κ1) is 79.5. The average molecular weight is 1250 g/mol. The summed E-state index contributed by atoms with van der Waals surface area (Å²) in [6.07, 6.45) is 31.7. The Bertz CT molecular complexity index is 1680. The lowest BCUT2D eigenvalue weighted by molar-refractivity contribution is -0.379. The summed E-state index contributed by atoms with van der Waals surface area (Å²) in [4.78, 5) is 13.2. The summed E-state index contributed by atoms with van der Waals surface area (Å²) in [5, 5.41) is 119. The van der Waals surface area contributed by atoms with Crippen LogP contribution in [0.15, 0.2) is 24.3 Å². The van der Waals surface area contributed by atoms with E-state index in [1.807, 2.05) is 6.92 Å². The van der Waals surface area contributed by atoms with Crippen molar-refractivity contribution < 1.29 is 89.4 Å². The van der Waals surface area contributed by atoms with Gasteiger partial charge in [0.1, 0.15) is 73.2 Å². The summed E-state index contributed by atoms with van der Waals surface area (Å²) in [6.45, 7) is 1.61. The van der Waals surface area contributed by atoms with Crippen LogP contribution in [0.2, 0.25) is 0 Å². The van der Waals surface area contributed by atoms with Gasteiger partial charge in [-0.2, -0.15) is 0 Å². The highest BCUT2D eigenvalue weighted by molar-refractivity contribution is 5.76. The number of carbonyl (C=O) groups excluding carboxylic acids is 1. The SMILES string of the molecule is CCCCCCC/C=C\C/C=C\CCCCCCCCCCCCCCCCCCCCCCCCCCCCCC(=O)NC(COC1OC(CO)C(OC2OC(CO)C(OC3OC(CO)C(O)C(O)C3O)C(O)C2O)C(O)C1O)C(O)CCCCC. The van der Waals surface area contributed by atoms with Crippen LogP contribution in [-0.4, -0.2) is 193 Å². The van der Waals surface area contributed by atoms with Crippen molar-refractivity contribution in [1.29, 1.82) is 0 Å². The van der Waals surface area contributed by atoms with E-state index in [2.05, 4.69) is 36.5 Å². The van der Waals surface area contributed by atoms with Crippen LogP contribution in [0.4, 0.5) is 0 Å². The molecular weight excluding hydrogens is 1120 g/mol. The van der Waals surface area contributed by atoms with Crippen LogP contribution in [-0.2, 0) is 33.2 Å². The fraction of sp³-hybridized carbons (Fsp3) is 0.926. The second-order valence-corrected chi connectivity index (χ2v) is 25.3. The van der Waals surface area contributed by atoms with Gasteiger partial charge in [0.2, 0.25) is 5.91 Å². The molecule has 3 fully saturated rings. The van der Waals surface area contributed by atoms with Crippen molar-refractivity contribution >= 4 is 5.91 Å². The van der Waals surface area contributed by atoms with Gasteiger partial charge < -0.3 is 89.9 Å². The molecule has 0 saturated carbocycles. The van der Waals surface area contributed by atoms with Gasteiger partial charge in [-0.3, -0.25) is 4.79 Å². The highest BCUT2D eigenvalue weighted by atomic mass is 16.8. The van der Waals surface area contributed by atoms with Crippen molar-refractivity contribution in [2.45, 2.75) is 375 Å². The third-order valence-corrected chi connectivity index (χ3v) is 17.8. The maximum absolute atomic E-state index is 13.2. The van der Waals surface area contributed by atoms with Crippen LogP contribution in [0.5, 0.6) is 0 Å². The minimum Gasteiger partial charge on any atom is -0.394 e. The lowest BCUT2D eigenvalue weighted by atomic mass is 9.96. The van der Waals surface area contributed by atoms with Crippen molar-refractivity contribution in [3.05, 3.63) is 24.3 Å². The van der Waals surface area contributed by atoms with Gasteiger partial charge in [0.15, 0.2) is 18.9 Å². The number of ether oxygens (including phenoxy) is 6. The highest BCUT2D eigenvalue weighted by Gasteiger charge is 2.53. The number of amides is 1. The summed E-state index contributed by atoms with van der Waals surface area (Å²) >= 11 is 0. The van der Waals surface area contributed by atoms with E-state index in [4.69, 9.17) is 28.4 Å². The molecule has 3 rings (SSSR count). The Labute approximate surface area is 524 Å². The molecule has 19 heteroatoms. The molecule has 3 aliphatic heterocycles. The standard InChI is InChI=1S/C68H127NO18/c1-3-5-7-8-9-10-11-12-13-14-15-16-17-18-19-20-21-22-23-24-25-26-27-28-29-30-31-32-33-34-35-36-37-38-39-40-41-42-44-46-56(74)69-51(52(73)45-43-6-4-2)50-82-66-62(80)59(77)64(54(48-71)84-66)87-68-63(81)60(78)65(55(49-72)85-68)86-67-61(79)58(76)57(75)53(47-70)83-67/h11-12,14-15,51-55,57-68,70-73,75-81H,3-10,13,16-50H2,1-2H3,(H,69,74)/b12-11-,15-14-. The molecule has 3 saturated heterocycles. The summed E-state index contributed by atoms with van der Waals surface area (Å²) in [5.41, 5.74) is 0. The topological polar surface area (TPSA) is 307 Å². The van der Waals surface area contributed by atoms with Crippen LogP contribution in [0.25, 0.3) is 0 Å². The first-order chi connectivity index (χ1) is 42.3. The average Bonchev–Trinajstić information content (AvgIpc) is 1.25. The van der Waals surface area contributed by atoms with Crippen molar-refractivity contribution in [3.8, 4) is 0 Å². The number of rotatable bonds is 54. The molecule has 0 aliphatic carbocycles. The fourth-order valence-electron chi connectivity index (χ4n) is 12.1. The van der Waals surface area contributed by atoms with Gasteiger partial charge in [0.25, 0.3) is 0 Å². The Kier molecular flexibility index (Phi) is 46.4. The molecule has 1 amide bonds. The third kappa shape index (κ3) is 33.1. The maximum atomic E-state index is 13.2. The largest absolute Gasteiger partial charge is 0.394 e. The Morgan fingerprint density at radius 2 is 0.759 bits per heavy atom. The Morgan fingerprint density at radius 3 is 1.17 bits per heavy atom. The zero-order chi connectivity index (χ0) is 63.3. The molecule has 19 nitrogen and oxygen atoms in total. The lowest BCUT2D eigenvalue weighted by Crippen LogP contribution is -2.66. The predicted molar refractivity (Wildman–Crippen MR) is 337 cm³/mol. The molecule has 0 aromatic rings. The van der Waals surface area contributed by atoms with Gasteiger partial charge in [0.05, 0.1) is 38.6 Å². The van der Waals surface area contributed by atoms with Crippen molar-refractivity contribution in [2.24, 2.45) is 0 Å². The van der Waals surface area contributed by atoms with E-state index >= 15 is 0 Å². The number of hydrogen-bond donors (Lipinski definition) is 12. The monoisotopic (exact) mass is 1250 g/mol. The quantitative estimate of drug-likeness (QED) is 0.0200. The molecule has 3 aliphatic rings. The molecule has 0 aromatic heterocycles. The van der Waals surface area contributed by atoms with E-state index in [0.29, 0.717) is 19.3 Å². The van der Waals surface area contributed by atoms with Gasteiger partial charge in [-0.25, -0.2) is 0 Å². The first-order valence-electron chi connectivity index (χ1n) is 35.1. The Morgan fingerprint density at radius 1 is 0.414 bits per heavy atom. The molecule has 12 N–H and O–H groups in total. The van der Waals surface area contributed by atoms with E-state index in [1.165, 1.54) is 193 Å². The van der Waals surface area contributed by atoms with Gasteiger partial charge in [-0.15, -0.1) is 0 Å². The fourth-order valence-corrected chi connectivity index (χ4v) is 12.1. The van der Waals surface area contributed by atoms with Crippen LogP contribution >= 0.6 is 0 Å². The van der Waals surface area contributed by atoms with Gasteiger partial charge in [0, 0.05) is 6.42 Å². The number of unbranched alkanes of at least 4 members (excludes halogenated alkanes) is 34. The van der Waals surface area contributed by atoms with Gasteiger partial charge in [-0.05, 0) is 44.9 Å². The number of allylic oxidation sites excluding steroid dienone is 4.